The predicted molar refractivity (Wildman–Crippen MR) is 62.8 cm³/mol. The third-order valence-electron chi connectivity index (χ3n) is 2.04. The predicted octanol–water partition coefficient (Wildman–Crippen LogP) is 4.14. The van der Waals surface area contributed by atoms with Crippen molar-refractivity contribution in [2.75, 3.05) is 5.75 Å². The van der Waals surface area contributed by atoms with Gasteiger partial charge in [0.2, 0.25) is 0 Å². The Hall–Kier alpha value is -0.390. The topological polar surface area (TPSA) is 26.3 Å². The number of carbonyl (C=O) groups excluding carboxylic acids is 1. The van der Waals surface area contributed by atoms with Gasteiger partial charge in [-0.05, 0) is 25.0 Å². The largest absolute Gasteiger partial charge is 0.451 e. The summed E-state index contributed by atoms with van der Waals surface area (Å²) in [6, 6.07) is 0. The number of alkyl halides is 3. The van der Waals surface area contributed by atoms with Gasteiger partial charge in [-0.2, -0.15) is 13.2 Å². The molecule has 0 spiro atoms. The standard InChI is InChI=1S/C11H19F3O2S/c1-3-10(16-9(2)15)17-8-6-4-5-7-11(12,13)14/h10H,3-8H2,1-2H3. The Balaban J connectivity index is 3.46. The highest BCUT2D eigenvalue weighted by atomic mass is 32.2. The van der Waals surface area contributed by atoms with Crippen LogP contribution >= 0.6 is 11.8 Å². The van der Waals surface area contributed by atoms with Crippen LogP contribution in [0.5, 0.6) is 0 Å². The third-order valence-corrected chi connectivity index (χ3v) is 3.36. The van der Waals surface area contributed by atoms with Crippen molar-refractivity contribution in [2.45, 2.75) is 57.6 Å². The van der Waals surface area contributed by atoms with Crippen LogP contribution in [0.4, 0.5) is 13.2 Å². The molecule has 0 aromatic carbocycles. The van der Waals surface area contributed by atoms with Crippen LogP contribution in [-0.2, 0) is 9.53 Å². The second kappa shape index (κ2) is 8.66. The van der Waals surface area contributed by atoms with Crippen molar-refractivity contribution < 1.29 is 22.7 Å². The van der Waals surface area contributed by atoms with E-state index >= 15 is 0 Å². The van der Waals surface area contributed by atoms with Gasteiger partial charge in [-0.15, -0.1) is 11.8 Å². The molecule has 0 heterocycles. The molecule has 0 rings (SSSR count). The van der Waals surface area contributed by atoms with Gasteiger partial charge >= 0.3 is 12.1 Å². The summed E-state index contributed by atoms with van der Waals surface area (Å²) in [7, 11) is 0. The van der Waals surface area contributed by atoms with E-state index in [2.05, 4.69) is 0 Å². The van der Waals surface area contributed by atoms with Crippen LogP contribution in [0, 0.1) is 0 Å². The van der Waals surface area contributed by atoms with Crippen molar-refractivity contribution in [1.29, 1.82) is 0 Å². The summed E-state index contributed by atoms with van der Waals surface area (Å²) >= 11 is 1.48. The van der Waals surface area contributed by atoms with E-state index in [9.17, 15) is 18.0 Å². The average molecular weight is 272 g/mol. The SMILES string of the molecule is CCC(OC(C)=O)SCCCCCC(F)(F)F. The molecule has 0 aliphatic rings. The molecule has 0 saturated heterocycles. The fourth-order valence-electron chi connectivity index (χ4n) is 1.24. The Morgan fingerprint density at radius 3 is 2.41 bits per heavy atom. The van der Waals surface area contributed by atoms with Gasteiger partial charge in [0.1, 0.15) is 5.44 Å². The molecule has 1 atom stereocenters. The summed E-state index contributed by atoms with van der Waals surface area (Å²) in [5.74, 6) is 0.408. The minimum atomic E-state index is -4.04. The van der Waals surface area contributed by atoms with Crippen LogP contribution in [0.2, 0.25) is 0 Å². The second-order valence-electron chi connectivity index (χ2n) is 3.74. The maximum absolute atomic E-state index is 11.8. The molecule has 0 fully saturated rings. The van der Waals surface area contributed by atoms with Crippen molar-refractivity contribution in [3.63, 3.8) is 0 Å². The van der Waals surface area contributed by atoms with Crippen LogP contribution in [0.15, 0.2) is 0 Å². The lowest BCUT2D eigenvalue weighted by molar-refractivity contribution is -0.142. The first-order valence-corrected chi connectivity index (χ1v) is 6.75. The summed E-state index contributed by atoms with van der Waals surface area (Å²) < 4.78 is 40.5. The number of ether oxygens (including phenoxy) is 1. The molecular formula is C11H19F3O2S. The summed E-state index contributed by atoms with van der Waals surface area (Å²) in [4.78, 5) is 10.7. The molecular weight excluding hydrogens is 253 g/mol. The van der Waals surface area contributed by atoms with E-state index in [0.717, 1.165) is 12.2 Å². The molecule has 0 aromatic heterocycles. The smallest absolute Gasteiger partial charge is 0.389 e. The van der Waals surface area contributed by atoms with Crippen molar-refractivity contribution in [1.82, 2.24) is 0 Å². The number of rotatable bonds is 8. The van der Waals surface area contributed by atoms with E-state index in [1.165, 1.54) is 18.7 Å². The second-order valence-corrected chi connectivity index (χ2v) is 5.01. The van der Waals surface area contributed by atoms with Gasteiger partial charge in [0.25, 0.3) is 0 Å². The third kappa shape index (κ3) is 11.9. The summed E-state index contributed by atoms with van der Waals surface area (Å²) in [6.07, 6.45) is -2.58. The number of carbonyl (C=O) groups is 1. The highest BCUT2D eigenvalue weighted by molar-refractivity contribution is 7.99. The normalized spacial score (nSPS) is 13.5. The van der Waals surface area contributed by atoms with E-state index in [4.69, 9.17) is 4.74 Å². The Bertz CT molecular complexity index is 219. The number of hydrogen-bond donors (Lipinski definition) is 0. The zero-order valence-corrected chi connectivity index (χ0v) is 11.0. The zero-order valence-electron chi connectivity index (χ0n) is 10.2. The van der Waals surface area contributed by atoms with Crippen LogP contribution in [0.25, 0.3) is 0 Å². The average Bonchev–Trinajstić information content (AvgIpc) is 2.19. The first-order chi connectivity index (χ1) is 7.85. The molecule has 17 heavy (non-hydrogen) atoms. The van der Waals surface area contributed by atoms with Crippen LogP contribution < -0.4 is 0 Å². The number of hydrogen-bond acceptors (Lipinski definition) is 3. The quantitative estimate of drug-likeness (QED) is 0.377. The fraction of sp³-hybridized carbons (Fsp3) is 0.909. The molecule has 102 valence electrons. The summed E-state index contributed by atoms with van der Waals surface area (Å²) in [5.41, 5.74) is -0.171. The first kappa shape index (κ1) is 16.6. The van der Waals surface area contributed by atoms with E-state index in [0.29, 0.717) is 12.8 Å². The molecule has 0 aliphatic carbocycles. The summed E-state index contributed by atoms with van der Waals surface area (Å²) in [6.45, 7) is 3.26. The molecule has 2 nitrogen and oxygen atoms in total. The Morgan fingerprint density at radius 2 is 1.94 bits per heavy atom. The Morgan fingerprint density at radius 1 is 1.29 bits per heavy atom. The van der Waals surface area contributed by atoms with Crippen LogP contribution in [0.3, 0.4) is 0 Å². The van der Waals surface area contributed by atoms with E-state index in [1.54, 1.807) is 0 Å². The minimum absolute atomic E-state index is 0.171. The highest BCUT2D eigenvalue weighted by Gasteiger charge is 2.25. The van der Waals surface area contributed by atoms with Crippen molar-refractivity contribution in [2.24, 2.45) is 0 Å². The number of thioether (sulfide) groups is 1. The fourth-order valence-corrected chi connectivity index (χ4v) is 2.31. The highest BCUT2D eigenvalue weighted by Crippen LogP contribution is 2.24. The van der Waals surface area contributed by atoms with E-state index in [-0.39, 0.29) is 17.8 Å². The van der Waals surface area contributed by atoms with Crippen molar-refractivity contribution in [3.05, 3.63) is 0 Å². The van der Waals surface area contributed by atoms with Gasteiger partial charge in [0.15, 0.2) is 0 Å². The van der Waals surface area contributed by atoms with Crippen molar-refractivity contribution in [3.8, 4) is 0 Å². The molecule has 0 amide bonds. The lowest BCUT2D eigenvalue weighted by Gasteiger charge is -2.14. The van der Waals surface area contributed by atoms with Gasteiger partial charge in [-0.25, -0.2) is 0 Å². The van der Waals surface area contributed by atoms with Crippen molar-refractivity contribution >= 4 is 17.7 Å². The minimum Gasteiger partial charge on any atom is -0.451 e. The van der Waals surface area contributed by atoms with Gasteiger partial charge in [-0.3, -0.25) is 4.79 Å². The van der Waals surface area contributed by atoms with Gasteiger partial charge < -0.3 is 4.74 Å². The number of halogens is 3. The van der Waals surface area contributed by atoms with Gasteiger partial charge in [0.05, 0.1) is 0 Å². The Kier molecular flexibility index (Phi) is 8.47. The van der Waals surface area contributed by atoms with E-state index in [1.807, 2.05) is 6.92 Å². The molecule has 6 heteroatoms. The van der Waals surface area contributed by atoms with Crippen LogP contribution in [0.1, 0.15) is 46.0 Å². The lowest BCUT2D eigenvalue weighted by atomic mass is 10.2. The summed E-state index contributed by atoms with van der Waals surface area (Å²) in [5, 5.41) is 0. The maximum Gasteiger partial charge on any atom is 0.389 e. The molecule has 0 radical (unpaired) electrons. The lowest BCUT2D eigenvalue weighted by Crippen LogP contribution is -2.12. The van der Waals surface area contributed by atoms with Gasteiger partial charge in [0, 0.05) is 13.3 Å². The molecule has 0 bridgehead atoms. The van der Waals surface area contributed by atoms with Crippen LogP contribution in [-0.4, -0.2) is 23.3 Å². The first-order valence-electron chi connectivity index (χ1n) is 5.70. The molecule has 0 aliphatic heterocycles. The zero-order chi connectivity index (χ0) is 13.3. The number of unbranched alkanes of at least 4 members (excludes halogenated alkanes) is 2. The monoisotopic (exact) mass is 272 g/mol. The molecule has 0 aromatic rings. The van der Waals surface area contributed by atoms with Gasteiger partial charge in [-0.1, -0.05) is 13.3 Å². The van der Waals surface area contributed by atoms with E-state index < -0.39 is 12.6 Å². The number of esters is 1. The molecule has 0 saturated carbocycles. The Labute approximate surface area is 104 Å². The molecule has 0 N–H and O–H groups in total. The molecule has 1 unspecified atom stereocenters. The maximum atomic E-state index is 11.8.